The van der Waals surface area contributed by atoms with Gasteiger partial charge in [-0.15, -0.1) is 0 Å². The second-order valence-electron chi connectivity index (χ2n) is 5.30. The van der Waals surface area contributed by atoms with Crippen molar-refractivity contribution >= 4 is 0 Å². The lowest BCUT2D eigenvalue weighted by Crippen LogP contribution is -2.12. The Kier molecular flexibility index (Phi) is 3.70. The van der Waals surface area contributed by atoms with Gasteiger partial charge in [-0.2, -0.15) is 0 Å². The number of fused-ring (bicyclic) bond motifs is 1. The molecule has 0 fully saturated rings. The van der Waals surface area contributed by atoms with E-state index >= 15 is 0 Å². The summed E-state index contributed by atoms with van der Waals surface area (Å²) in [4.78, 5) is 4.45. The van der Waals surface area contributed by atoms with Gasteiger partial charge in [0.15, 0.2) is 0 Å². The lowest BCUT2D eigenvalue weighted by molar-refractivity contribution is 0.301. The Hall–Kier alpha value is -1.87. The molecule has 1 unspecified atom stereocenters. The number of aryl methyl sites for hydroxylation is 2. The number of rotatable bonds is 4. The van der Waals surface area contributed by atoms with Crippen LogP contribution in [0.1, 0.15) is 35.0 Å². The van der Waals surface area contributed by atoms with Crippen molar-refractivity contribution in [1.82, 2.24) is 10.3 Å². The summed E-state index contributed by atoms with van der Waals surface area (Å²) < 4.78 is 5.86. The smallest absolute Gasteiger partial charge is 0.130 e. The number of aromatic nitrogens is 1. The van der Waals surface area contributed by atoms with Gasteiger partial charge in [0.1, 0.15) is 12.4 Å². The Morgan fingerprint density at radius 1 is 1.30 bits per heavy atom. The average Bonchev–Trinajstić information content (AvgIpc) is 2.87. The summed E-state index contributed by atoms with van der Waals surface area (Å²) in [6.45, 7) is 2.52. The topological polar surface area (TPSA) is 34.1 Å². The number of nitrogens with one attached hydrogen (secondary N) is 1. The molecule has 0 amide bonds. The molecule has 3 heteroatoms. The van der Waals surface area contributed by atoms with Gasteiger partial charge in [0.2, 0.25) is 0 Å². The Bertz CT molecular complexity index is 610. The molecule has 2 aromatic rings. The Morgan fingerprint density at radius 2 is 2.20 bits per heavy atom. The molecule has 0 radical (unpaired) electrons. The minimum atomic E-state index is 0.498. The highest BCUT2D eigenvalue weighted by atomic mass is 16.5. The number of pyridine rings is 1. The Labute approximate surface area is 120 Å². The third kappa shape index (κ3) is 2.68. The summed E-state index contributed by atoms with van der Waals surface area (Å²) >= 11 is 0. The number of hydrogen-bond acceptors (Lipinski definition) is 3. The molecule has 0 spiro atoms. The van der Waals surface area contributed by atoms with Crippen LogP contribution in [0.5, 0.6) is 5.75 Å². The van der Waals surface area contributed by atoms with Gasteiger partial charge >= 0.3 is 0 Å². The fraction of sp³-hybridized carbons (Fsp3) is 0.353. The van der Waals surface area contributed by atoms with Gasteiger partial charge in [0.25, 0.3) is 0 Å². The SMILES string of the molecule is CNC1CCc2cc(OCc3cccc(C)n3)ccc21. The number of benzene rings is 1. The van der Waals surface area contributed by atoms with Crippen LogP contribution in [0.15, 0.2) is 36.4 Å². The van der Waals surface area contributed by atoms with Crippen LogP contribution in [0.3, 0.4) is 0 Å². The molecule has 1 N–H and O–H groups in total. The summed E-state index contributed by atoms with van der Waals surface area (Å²) in [5.74, 6) is 0.934. The zero-order valence-corrected chi connectivity index (χ0v) is 12.0. The van der Waals surface area contributed by atoms with E-state index in [0.29, 0.717) is 12.6 Å². The first-order valence-electron chi connectivity index (χ1n) is 7.11. The molecule has 1 atom stereocenters. The summed E-state index contributed by atoms with van der Waals surface area (Å²) in [5, 5.41) is 3.35. The maximum absolute atomic E-state index is 5.86. The number of nitrogens with zero attached hydrogens (tertiary/aromatic N) is 1. The normalized spacial score (nSPS) is 17.0. The molecular weight excluding hydrogens is 248 g/mol. The van der Waals surface area contributed by atoms with Crippen molar-refractivity contribution < 1.29 is 4.74 Å². The van der Waals surface area contributed by atoms with E-state index in [1.165, 1.54) is 17.5 Å². The van der Waals surface area contributed by atoms with Crippen molar-refractivity contribution in [3.05, 3.63) is 58.9 Å². The Morgan fingerprint density at radius 3 is 3.00 bits per heavy atom. The first kappa shape index (κ1) is 13.1. The molecule has 3 rings (SSSR count). The quantitative estimate of drug-likeness (QED) is 0.924. The van der Waals surface area contributed by atoms with Crippen LogP contribution < -0.4 is 10.1 Å². The minimum absolute atomic E-state index is 0.498. The summed E-state index contributed by atoms with van der Waals surface area (Å²) in [6, 6.07) is 12.9. The van der Waals surface area contributed by atoms with Crippen molar-refractivity contribution in [3.8, 4) is 5.75 Å². The van der Waals surface area contributed by atoms with Gasteiger partial charge in [0, 0.05) is 11.7 Å². The standard InChI is InChI=1S/C17H20N2O/c1-12-4-3-5-14(19-12)11-20-15-7-8-16-13(10-15)6-9-17(16)18-2/h3-5,7-8,10,17-18H,6,9,11H2,1-2H3. The minimum Gasteiger partial charge on any atom is -0.487 e. The van der Waals surface area contributed by atoms with Crippen LogP contribution in [0.25, 0.3) is 0 Å². The van der Waals surface area contributed by atoms with Gasteiger partial charge in [0.05, 0.1) is 5.69 Å². The maximum atomic E-state index is 5.86. The Balaban J connectivity index is 1.70. The van der Waals surface area contributed by atoms with Gasteiger partial charge in [-0.3, -0.25) is 4.98 Å². The van der Waals surface area contributed by atoms with Crippen LogP contribution >= 0.6 is 0 Å². The van der Waals surface area contributed by atoms with E-state index < -0.39 is 0 Å². The van der Waals surface area contributed by atoms with E-state index in [0.717, 1.165) is 23.6 Å². The zero-order chi connectivity index (χ0) is 13.9. The predicted octanol–water partition coefficient (Wildman–Crippen LogP) is 3.18. The van der Waals surface area contributed by atoms with Gasteiger partial charge in [-0.05, 0) is 62.2 Å². The first-order chi connectivity index (χ1) is 9.76. The van der Waals surface area contributed by atoms with Crippen LogP contribution in [0.4, 0.5) is 0 Å². The highest BCUT2D eigenvalue weighted by molar-refractivity contribution is 5.40. The van der Waals surface area contributed by atoms with Crippen LogP contribution in [0, 0.1) is 6.92 Å². The molecule has 0 aliphatic heterocycles. The van der Waals surface area contributed by atoms with Crippen molar-refractivity contribution in [2.45, 2.75) is 32.4 Å². The highest BCUT2D eigenvalue weighted by Crippen LogP contribution is 2.33. The first-order valence-corrected chi connectivity index (χ1v) is 7.11. The number of hydrogen-bond donors (Lipinski definition) is 1. The van der Waals surface area contributed by atoms with Crippen molar-refractivity contribution in [3.63, 3.8) is 0 Å². The molecule has 1 aliphatic carbocycles. The molecule has 1 aromatic carbocycles. The molecular formula is C17H20N2O. The summed E-state index contributed by atoms with van der Waals surface area (Å²) in [7, 11) is 2.02. The highest BCUT2D eigenvalue weighted by Gasteiger charge is 2.20. The fourth-order valence-corrected chi connectivity index (χ4v) is 2.82. The second-order valence-corrected chi connectivity index (χ2v) is 5.30. The molecule has 1 aromatic heterocycles. The third-order valence-electron chi connectivity index (χ3n) is 3.87. The number of ether oxygens (including phenoxy) is 1. The molecule has 104 valence electrons. The van der Waals surface area contributed by atoms with E-state index in [-0.39, 0.29) is 0 Å². The molecule has 0 bridgehead atoms. The van der Waals surface area contributed by atoms with Crippen LogP contribution in [-0.4, -0.2) is 12.0 Å². The molecule has 3 nitrogen and oxygen atoms in total. The second kappa shape index (κ2) is 5.63. The lowest BCUT2D eigenvalue weighted by Gasteiger charge is -2.11. The van der Waals surface area contributed by atoms with E-state index in [1.54, 1.807) is 0 Å². The molecule has 1 aliphatic rings. The van der Waals surface area contributed by atoms with E-state index in [1.807, 2.05) is 32.2 Å². The van der Waals surface area contributed by atoms with E-state index in [4.69, 9.17) is 4.74 Å². The maximum Gasteiger partial charge on any atom is 0.130 e. The lowest BCUT2D eigenvalue weighted by atomic mass is 10.1. The monoisotopic (exact) mass is 268 g/mol. The molecule has 0 saturated carbocycles. The summed E-state index contributed by atoms with van der Waals surface area (Å²) in [5.41, 5.74) is 4.81. The molecule has 0 saturated heterocycles. The third-order valence-corrected chi connectivity index (χ3v) is 3.87. The van der Waals surface area contributed by atoms with Gasteiger partial charge in [-0.1, -0.05) is 12.1 Å². The van der Waals surface area contributed by atoms with Gasteiger partial charge in [-0.25, -0.2) is 0 Å². The van der Waals surface area contributed by atoms with Crippen molar-refractivity contribution in [2.75, 3.05) is 7.05 Å². The fourth-order valence-electron chi connectivity index (χ4n) is 2.82. The van der Waals surface area contributed by atoms with E-state index in [9.17, 15) is 0 Å². The average molecular weight is 268 g/mol. The molecule has 20 heavy (non-hydrogen) atoms. The van der Waals surface area contributed by atoms with Crippen molar-refractivity contribution in [2.24, 2.45) is 0 Å². The largest absolute Gasteiger partial charge is 0.487 e. The van der Waals surface area contributed by atoms with Crippen LogP contribution in [0.2, 0.25) is 0 Å². The predicted molar refractivity (Wildman–Crippen MR) is 79.9 cm³/mol. The van der Waals surface area contributed by atoms with Crippen LogP contribution in [-0.2, 0) is 13.0 Å². The molecule has 1 heterocycles. The summed E-state index contributed by atoms with van der Waals surface area (Å²) in [6.07, 6.45) is 2.30. The van der Waals surface area contributed by atoms with Crippen molar-refractivity contribution in [1.29, 1.82) is 0 Å². The van der Waals surface area contributed by atoms with E-state index in [2.05, 4.69) is 28.5 Å². The van der Waals surface area contributed by atoms with Gasteiger partial charge < -0.3 is 10.1 Å². The zero-order valence-electron chi connectivity index (χ0n) is 12.0.